The van der Waals surface area contributed by atoms with E-state index in [2.05, 4.69) is 24.5 Å². The van der Waals surface area contributed by atoms with E-state index in [4.69, 9.17) is 0 Å². The predicted octanol–water partition coefficient (Wildman–Crippen LogP) is 2.45. The lowest BCUT2D eigenvalue weighted by Gasteiger charge is -2.20. The molecule has 0 radical (unpaired) electrons. The van der Waals surface area contributed by atoms with E-state index in [1.165, 1.54) is 6.92 Å². The second-order valence-corrected chi connectivity index (χ2v) is 6.72. The summed E-state index contributed by atoms with van der Waals surface area (Å²) in [6.45, 7) is 5.69. The summed E-state index contributed by atoms with van der Waals surface area (Å²) in [6.07, 6.45) is 2.62. The molecule has 0 bridgehead atoms. The molecule has 0 saturated heterocycles. The topological polar surface area (TPSA) is 58.2 Å². The summed E-state index contributed by atoms with van der Waals surface area (Å²) in [5.74, 6) is 0.647. The van der Waals surface area contributed by atoms with Gasteiger partial charge < -0.3 is 10.6 Å². The van der Waals surface area contributed by atoms with Gasteiger partial charge in [-0.05, 0) is 38.0 Å². The van der Waals surface area contributed by atoms with Crippen LogP contribution in [0.5, 0.6) is 0 Å². The highest BCUT2D eigenvalue weighted by atomic mass is 32.2. The molecule has 0 aliphatic rings. The van der Waals surface area contributed by atoms with Crippen LogP contribution < -0.4 is 10.6 Å². The minimum atomic E-state index is -0.743. The molecule has 1 aromatic rings. The van der Waals surface area contributed by atoms with Gasteiger partial charge in [0.2, 0.25) is 5.91 Å². The summed E-state index contributed by atoms with van der Waals surface area (Å²) in [6, 6.07) is 8.31. The summed E-state index contributed by atoms with van der Waals surface area (Å²) < 4.78 is 11.1. The van der Waals surface area contributed by atoms with Gasteiger partial charge in [-0.1, -0.05) is 12.1 Å². The van der Waals surface area contributed by atoms with E-state index in [-0.39, 0.29) is 11.9 Å². The first kappa shape index (κ1) is 16.9. The highest BCUT2D eigenvalue weighted by Gasteiger charge is 2.10. The predicted molar refractivity (Wildman–Crippen MR) is 85.3 cm³/mol. The highest BCUT2D eigenvalue weighted by molar-refractivity contribution is 7.84. The van der Waals surface area contributed by atoms with E-state index in [9.17, 15) is 9.00 Å². The molecule has 0 heterocycles. The number of anilines is 1. The van der Waals surface area contributed by atoms with Crippen LogP contribution in [-0.2, 0) is 15.6 Å². The number of nitrogens with one attached hydrogen (secondary N) is 2. The first-order chi connectivity index (χ1) is 9.38. The van der Waals surface area contributed by atoms with Crippen molar-refractivity contribution in [3.05, 3.63) is 29.8 Å². The van der Waals surface area contributed by atoms with Crippen LogP contribution in [0.15, 0.2) is 24.3 Å². The minimum absolute atomic E-state index is 0.0680. The fourth-order valence-electron chi connectivity index (χ4n) is 2.04. The molecule has 1 rings (SSSR count). The van der Waals surface area contributed by atoms with E-state index in [1.807, 2.05) is 24.3 Å². The SMILES string of the molecule is CC(=O)Nc1cccc(C(C)NC(C)CCS(C)=O)c1. The molecule has 2 N–H and O–H groups in total. The van der Waals surface area contributed by atoms with Gasteiger partial charge in [0.1, 0.15) is 0 Å². The van der Waals surface area contributed by atoms with E-state index in [1.54, 1.807) is 6.26 Å². The maximum Gasteiger partial charge on any atom is 0.221 e. The van der Waals surface area contributed by atoms with Crippen molar-refractivity contribution in [2.24, 2.45) is 0 Å². The molecule has 0 fully saturated rings. The van der Waals surface area contributed by atoms with Gasteiger partial charge in [0.15, 0.2) is 0 Å². The Balaban J connectivity index is 2.60. The Morgan fingerprint density at radius 2 is 2.05 bits per heavy atom. The Bertz CT molecular complexity index is 477. The van der Waals surface area contributed by atoms with Gasteiger partial charge in [0.25, 0.3) is 0 Å². The standard InChI is InChI=1S/C15H24N2O2S/c1-11(8-9-20(4)19)16-12(2)14-6-5-7-15(10-14)17-13(3)18/h5-7,10-12,16H,8-9H2,1-4H3,(H,17,18). The van der Waals surface area contributed by atoms with Gasteiger partial charge in [-0.15, -0.1) is 0 Å². The number of benzene rings is 1. The molecule has 0 aromatic heterocycles. The molecule has 0 saturated carbocycles. The molecule has 20 heavy (non-hydrogen) atoms. The van der Waals surface area contributed by atoms with Crippen molar-refractivity contribution in [2.45, 2.75) is 39.3 Å². The van der Waals surface area contributed by atoms with Crippen LogP contribution in [0, 0.1) is 0 Å². The normalized spacial score (nSPS) is 15.4. The second kappa shape index (κ2) is 8.17. The highest BCUT2D eigenvalue weighted by Crippen LogP contribution is 2.18. The van der Waals surface area contributed by atoms with Crippen LogP contribution in [0.3, 0.4) is 0 Å². The Morgan fingerprint density at radius 1 is 1.35 bits per heavy atom. The van der Waals surface area contributed by atoms with Crippen LogP contribution in [0.1, 0.15) is 38.8 Å². The van der Waals surface area contributed by atoms with Crippen molar-refractivity contribution in [3.8, 4) is 0 Å². The molecule has 1 aromatic carbocycles. The number of hydrogen-bond acceptors (Lipinski definition) is 3. The molecule has 5 heteroatoms. The zero-order chi connectivity index (χ0) is 15.1. The fraction of sp³-hybridized carbons (Fsp3) is 0.533. The number of hydrogen-bond donors (Lipinski definition) is 2. The largest absolute Gasteiger partial charge is 0.326 e. The van der Waals surface area contributed by atoms with Crippen molar-refractivity contribution in [3.63, 3.8) is 0 Å². The molecular formula is C15H24N2O2S. The van der Waals surface area contributed by atoms with Crippen molar-refractivity contribution >= 4 is 22.4 Å². The van der Waals surface area contributed by atoms with Crippen molar-refractivity contribution in [2.75, 3.05) is 17.3 Å². The molecule has 112 valence electrons. The fourth-order valence-corrected chi connectivity index (χ4v) is 2.72. The number of carbonyl (C=O) groups excluding carboxylic acids is 1. The third-order valence-electron chi connectivity index (χ3n) is 3.08. The van der Waals surface area contributed by atoms with Gasteiger partial charge in [0.05, 0.1) is 0 Å². The van der Waals surface area contributed by atoms with Gasteiger partial charge in [-0.3, -0.25) is 9.00 Å². The zero-order valence-corrected chi connectivity index (χ0v) is 13.4. The molecule has 3 atom stereocenters. The lowest BCUT2D eigenvalue weighted by molar-refractivity contribution is -0.114. The average Bonchev–Trinajstić information content (AvgIpc) is 2.36. The van der Waals surface area contributed by atoms with Crippen molar-refractivity contribution < 1.29 is 9.00 Å². The summed E-state index contributed by atoms with van der Waals surface area (Å²) in [4.78, 5) is 11.1. The quantitative estimate of drug-likeness (QED) is 0.812. The van der Waals surface area contributed by atoms with E-state index < -0.39 is 10.8 Å². The molecule has 0 aliphatic heterocycles. The van der Waals surface area contributed by atoms with Crippen LogP contribution in [-0.4, -0.2) is 28.2 Å². The smallest absolute Gasteiger partial charge is 0.221 e. The first-order valence-electron chi connectivity index (χ1n) is 6.82. The maximum absolute atomic E-state index is 11.1. The zero-order valence-electron chi connectivity index (χ0n) is 12.6. The maximum atomic E-state index is 11.1. The second-order valence-electron chi connectivity index (χ2n) is 5.16. The molecule has 1 amide bonds. The van der Waals surface area contributed by atoms with Gasteiger partial charge >= 0.3 is 0 Å². The lowest BCUT2D eigenvalue weighted by Crippen LogP contribution is -2.30. The summed E-state index contributed by atoms with van der Waals surface area (Å²) >= 11 is 0. The summed E-state index contributed by atoms with van der Waals surface area (Å²) in [7, 11) is -0.743. The number of rotatable bonds is 7. The average molecular weight is 296 g/mol. The Kier molecular flexibility index (Phi) is 6.88. The van der Waals surface area contributed by atoms with Gasteiger partial charge in [0, 0.05) is 47.5 Å². The van der Waals surface area contributed by atoms with Crippen molar-refractivity contribution in [1.82, 2.24) is 5.32 Å². The minimum Gasteiger partial charge on any atom is -0.326 e. The Hall–Kier alpha value is -1.20. The first-order valence-corrected chi connectivity index (χ1v) is 8.55. The monoisotopic (exact) mass is 296 g/mol. The van der Waals surface area contributed by atoms with Gasteiger partial charge in [-0.2, -0.15) is 0 Å². The van der Waals surface area contributed by atoms with Crippen LogP contribution in [0.2, 0.25) is 0 Å². The lowest BCUT2D eigenvalue weighted by atomic mass is 10.1. The number of amides is 1. The summed E-state index contributed by atoms with van der Waals surface area (Å²) in [5.41, 5.74) is 1.94. The molecule has 3 unspecified atom stereocenters. The van der Waals surface area contributed by atoms with Crippen LogP contribution >= 0.6 is 0 Å². The molecule has 4 nitrogen and oxygen atoms in total. The number of carbonyl (C=O) groups is 1. The van der Waals surface area contributed by atoms with E-state index >= 15 is 0 Å². The molecule has 0 aliphatic carbocycles. The van der Waals surface area contributed by atoms with E-state index in [0.717, 1.165) is 17.7 Å². The van der Waals surface area contributed by atoms with Crippen LogP contribution in [0.4, 0.5) is 5.69 Å². The Morgan fingerprint density at radius 3 is 2.65 bits per heavy atom. The summed E-state index contributed by atoms with van der Waals surface area (Å²) in [5, 5.41) is 6.27. The van der Waals surface area contributed by atoms with Crippen molar-refractivity contribution in [1.29, 1.82) is 0 Å². The Labute approximate surface area is 123 Å². The molecular weight excluding hydrogens is 272 g/mol. The third kappa shape index (κ3) is 6.30. The molecule has 0 spiro atoms. The van der Waals surface area contributed by atoms with Crippen LogP contribution in [0.25, 0.3) is 0 Å². The van der Waals surface area contributed by atoms with Gasteiger partial charge in [-0.25, -0.2) is 0 Å². The third-order valence-corrected chi connectivity index (χ3v) is 3.89. The van der Waals surface area contributed by atoms with E-state index in [0.29, 0.717) is 11.8 Å².